The maximum absolute atomic E-state index is 12.9. The van der Waals surface area contributed by atoms with Crippen LogP contribution in [0, 0.1) is 0 Å². The zero-order chi connectivity index (χ0) is 58.5. The van der Waals surface area contributed by atoms with Crippen LogP contribution in [0.3, 0.4) is 0 Å². The highest BCUT2D eigenvalue weighted by Crippen LogP contribution is 2.18. The summed E-state index contributed by atoms with van der Waals surface area (Å²) in [6, 6.07) is 0. The summed E-state index contributed by atoms with van der Waals surface area (Å²) < 4.78 is 16.9. The molecule has 1 unspecified atom stereocenters. The third-order valence-corrected chi connectivity index (χ3v) is 16.0. The van der Waals surface area contributed by atoms with Crippen molar-refractivity contribution in [2.24, 2.45) is 0 Å². The molecule has 0 heterocycles. The third kappa shape index (κ3) is 67.8. The Labute approximate surface area is 504 Å². The standard InChI is InChI=1S/C75H136O6/c1-4-7-10-13-16-19-21-23-25-27-29-31-33-35-36-37-38-40-41-43-45-47-49-51-53-56-59-62-65-68-74(77)80-71-72(70-79-73(76)67-64-61-58-55-18-15-12-9-6-3)81-75(78)69-66-63-60-57-54-52-50-48-46-44-42-39-34-32-30-28-26-24-22-20-17-14-11-8-5-2/h21-24,27-30,34,39,72H,4-20,25-26,31-33,35-38,40-71H2,1-3H3/b23-21-,24-22-,29-27-,30-28-,39-34-. The fourth-order valence-electron chi connectivity index (χ4n) is 10.6. The number of ether oxygens (including phenoxy) is 3. The molecule has 0 aliphatic carbocycles. The molecule has 1 atom stereocenters. The second kappa shape index (κ2) is 69.6. The summed E-state index contributed by atoms with van der Waals surface area (Å²) in [5.41, 5.74) is 0. The average Bonchev–Trinajstić information content (AvgIpc) is 3.47. The lowest BCUT2D eigenvalue weighted by Gasteiger charge is -2.18. The van der Waals surface area contributed by atoms with Crippen molar-refractivity contribution in [2.45, 2.75) is 386 Å². The monoisotopic (exact) mass is 1130 g/mol. The van der Waals surface area contributed by atoms with E-state index in [2.05, 4.69) is 81.5 Å². The lowest BCUT2D eigenvalue weighted by Crippen LogP contribution is -2.30. The van der Waals surface area contributed by atoms with Crippen LogP contribution in [0.15, 0.2) is 60.8 Å². The molecule has 0 aromatic heterocycles. The Morgan fingerprint density at radius 1 is 0.247 bits per heavy atom. The van der Waals surface area contributed by atoms with Crippen molar-refractivity contribution in [2.75, 3.05) is 13.2 Å². The number of hydrogen-bond donors (Lipinski definition) is 0. The maximum atomic E-state index is 12.9. The van der Waals surface area contributed by atoms with Gasteiger partial charge in [-0.05, 0) is 89.9 Å². The Bertz CT molecular complexity index is 1440. The van der Waals surface area contributed by atoms with E-state index in [-0.39, 0.29) is 31.1 Å². The molecule has 0 N–H and O–H groups in total. The summed E-state index contributed by atoms with van der Waals surface area (Å²) in [6.45, 7) is 6.65. The van der Waals surface area contributed by atoms with Crippen LogP contribution in [-0.2, 0) is 28.6 Å². The maximum Gasteiger partial charge on any atom is 0.306 e. The highest BCUT2D eigenvalue weighted by atomic mass is 16.6. The molecule has 0 amide bonds. The van der Waals surface area contributed by atoms with Gasteiger partial charge in [0.25, 0.3) is 0 Å². The summed E-state index contributed by atoms with van der Waals surface area (Å²) in [6.07, 6.45) is 89.8. The lowest BCUT2D eigenvalue weighted by atomic mass is 10.0. The highest BCUT2D eigenvalue weighted by Gasteiger charge is 2.19. The van der Waals surface area contributed by atoms with Gasteiger partial charge >= 0.3 is 17.9 Å². The van der Waals surface area contributed by atoms with Gasteiger partial charge in [0.1, 0.15) is 13.2 Å². The van der Waals surface area contributed by atoms with E-state index in [1.54, 1.807) is 0 Å². The van der Waals surface area contributed by atoms with Crippen molar-refractivity contribution < 1.29 is 28.6 Å². The molecule has 6 heteroatoms. The number of carbonyl (C=O) groups excluding carboxylic acids is 3. The minimum atomic E-state index is -0.774. The Hall–Kier alpha value is -2.89. The first-order valence-electron chi connectivity index (χ1n) is 35.8. The fourth-order valence-corrected chi connectivity index (χ4v) is 10.6. The SMILES string of the molecule is CCCCCCC/C=C\C/C=C\C/C=C\CCCCCCCCCCCCC(=O)OC(COC(=O)CCCCCCCCCCC)COC(=O)CCCCCCCCCCCCCCCCCCC/C=C\C/C=C\CCCCCCC. The molecule has 0 aliphatic rings. The summed E-state index contributed by atoms with van der Waals surface area (Å²) in [5, 5.41) is 0. The number of allylic oxidation sites excluding steroid dienone is 10. The van der Waals surface area contributed by atoms with E-state index in [9.17, 15) is 14.4 Å². The van der Waals surface area contributed by atoms with E-state index >= 15 is 0 Å². The molecule has 0 aromatic carbocycles. The van der Waals surface area contributed by atoms with Crippen molar-refractivity contribution in [1.29, 1.82) is 0 Å². The molecule has 0 radical (unpaired) electrons. The predicted octanol–water partition coefficient (Wildman–Crippen LogP) is 24.7. The molecule has 0 aromatic rings. The molecule has 81 heavy (non-hydrogen) atoms. The molecule has 472 valence electrons. The van der Waals surface area contributed by atoms with Crippen molar-refractivity contribution in [1.82, 2.24) is 0 Å². The lowest BCUT2D eigenvalue weighted by molar-refractivity contribution is -0.167. The molecular formula is C75H136O6. The Balaban J connectivity index is 4.12. The first-order valence-corrected chi connectivity index (χ1v) is 35.8. The van der Waals surface area contributed by atoms with Gasteiger partial charge in [-0.3, -0.25) is 14.4 Å². The van der Waals surface area contributed by atoms with E-state index in [4.69, 9.17) is 14.2 Å². The van der Waals surface area contributed by atoms with Crippen LogP contribution in [0.4, 0.5) is 0 Å². The second-order valence-corrected chi connectivity index (χ2v) is 24.1. The normalized spacial score (nSPS) is 12.4. The summed E-state index contributed by atoms with van der Waals surface area (Å²) in [5.74, 6) is -0.856. The summed E-state index contributed by atoms with van der Waals surface area (Å²) in [7, 11) is 0. The predicted molar refractivity (Wildman–Crippen MR) is 353 cm³/mol. The van der Waals surface area contributed by atoms with Crippen LogP contribution in [0.5, 0.6) is 0 Å². The number of esters is 3. The molecule has 0 saturated carbocycles. The average molecular weight is 1130 g/mol. The van der Waals surface area contributed by atoms with Crippen LogP contribution >= 0.6 is 0 Å². The van der Waals surface area contributed by atoms with Crippen LogP contribution in [-0.4, -0.2) is 37.2 Å². The number of unbranched alkanes of at least 4 members (excludes halogenated alkanes) is 45. The number of hydrogen-bond acceptors (Lipinski definition) is 6. The van der Waals surface area contributed by atoms with E-state index in [1.807, 2.05) is 0 Å². The molecule has 0 bridgehead atoms. The molecule has 0 spiro atoms. The zero-order valence-corrected chi connectivity index (χ0v) is 54.3. The largest absolute Gasteiger partial charge is 0.462 e. The van der Waals surface area contributed by atoms with E-state index in [0.717, 1.165) is 77.0 Å². The van der Waals surface area contributed by atoms with Crippen molar-refractivity contribution >= 4 is 17.9 Å². The number of carbonyl (C=O) groups is 3. The van der Waals surface area contributed by atoms with Gasteiger partial charge in [-0.1, -0.05) is 332 Å². The number of rotatable bonds is 66. The Kier molecular flexibility index (Phi) is 67.1. The van der Waals surface area contributed by atoms with Gasteiger partial charge in [0.05, 0.1) is 0 Å². The van der Waals surface area contributed by atoms with Gasteiger partial charge in [-0.15, -0.1) is 0 Å². The zero-order valence-electron chi connectivity index (χ0n) is 54.3. The van der Waals surface area contributed by atoms with Crippen molar-refractivity contribution in [3.8, 4) is 0 Å². The quantitative estimate of drug-likeness (QED) is 0.0261. The Morgan fingerprint density at radius 3 is 0.691 bits per heavy atom. The molecule has 0 fully saturated rings. The smallest absolute Gasteiger partial charge is 0.306 e. The minimum absolute atomic E-state index is 0.0713. The summed E-state index contributed by atoms with van der Waals surface area (Å²) in [4.78, 5) is 38.3. The molecular weight excluding hydrogens is 997 g/mol. The van der Waals surface area contributed by atoms with Gasteiger partial charge < -0.3 is 14.2 Å². The van der Waals surface area contributed by atoms with E-state index < -0.39 is 6.10 Å². The summed E-state index contributed by atoms with van der Waals surface area (Å²) >= 11 is 0. The highest BCUT2D eigenvalue weighted by molar-refractivity contribution is 5.71. The van der Waals surface area contributed by atoms with Crippen LogP contribution in [0.2, 0.25) is 0 Å². The molecule has 0 rings (SSSR count). The van der Waals surface area contributed by atoms with Crippen LogP contribution < -0.4 is 0 Å². The topological polar surface area (TPSA) is 78.9 Å². The van der Waals surface area contributed by atoms with Crippen molar-refractivity contribution in [3.05, 3.63) is 60.8 Å². The fraction of sp³-hybridized carbons (Fsp3) is 0.827. The minimum Gasteiger partial charge on any atom is -0.462 e. The molecule has 0 aliphatic heterocycles. The van der Waals surface area contributed by atoms with E-state index in [0.29, 0.717) is 19.3 Å². The first kappa shape index (κ1) is 78.1. The second-order valence-electron chi connectivity index (χ2n) is 24.1. The molecule has 0 saturated heterocycles. The van der Waals surface area contributed by atoms with Gasteiger partial charge in [-0.25, -0.2) is 0 Å². The van der Waals surface area contributed by atoms with Gasteiger partial charge in [0.15, 0.2) is 6.10 Å². The van der Waals surface area contributed by atoms with Gasteiger partial charge in [-0.2, -0.15) is 0 Å². The Morgan fingerprint density at radius 2 is 0.444 bits per heavy atom. The van der Waals surface area contributed by atoms with Crippen LogP contribution in [0.25, 0.3) is 0 Å². The van der Waals surface area contributed by atoms with Crippen molar-refractivity contribution in [3.63, 3.8) is 0 Å². The molecule has 6 nitrogen and oxygen atoms in total. The van der Waals surface area contributed by atoms with Crippen LogP contribution in [0.1, 0.15) is 380 Å². The third-order valence-electron chi connectivity index (χ3n) is 16.0. The van der Waals surface area contributed by atoms with Gasteiger partial charge in [0.2, 0.25) is 0 Å². The first-order chi connectivity index (χ1) is 40.0. The van der Waals surface area contributed by atoms with Gasteiger partial charge in [0, 0.05) is 19.3 Å². The van der Waals surface area contributed by atoms with E-state index in [1.165, 1.54) is 263 Å².